The maximum absolute atomic E-state index is 12.1. The number of halogens is 4. The van der Waals surface area contributed by atoms with E-state index in [-0.39, 0.29) is 0 Å². The molecule has 0 spiro atoms. The van der Waals surface area contributed by atoms with Crippen LogP contribution in [0.3, 0.4) is 0 Å². The Morgan fingerprint density at radius 1 is 1.42 bits per heavy atom. The number of hydrogen-bond acceptors (Lipinski definition) is 1. The van der Waals surface area contributed by atoms with Gasteiger partial charge < -0.3 is 0 Å². The summed E-state index contributed by atoms with van der Waals surface area (Å²) in [5, 5.41) is -0.496. The van der Waals surface area contributed by atoms with Crippen LogP contribution in [0, 0.1) is 0 Å². The summed E-state index contributed by atoms with van der Waals surface area (Å²) in [6.07, 6.45) is -3.09. The first kappa shape index (κ1) is 9.87. The topological polar surface area (TPSA) is 12.9 Å². The average molecular weight is 257 g/mol. The number of aromatic nitrogens is 1. The first-order chi connectivity index (χ1) is 5.41. The van der Waals surface area contributed by atoms with Gasteiger partial charge in [0, 0.05) is 0 Å². The monoisotopic (exact) mass is 257 g/mol. The van der Waals surface area contributed by atoms with Gasteiger partial charge in [-0.2, -0.15) is 0 Å². The van der Waals surface area contributed by atoms with Crippen LogP contribution in [0.4, 0.5) is 13.2 Å². The van der Waals surface area contributed by atoms with Gasteiger partial charge in [0.05, 0.1) is 0 Å². The van der Waals surface area contributed by atoms with Crippen molar-refractivity contribution in [1.82, 2.24) is 4.98 Å². The number of nitrogens with zero attached hydrogens (tertiary/aromatic N) is 1. The molecule has 1 atom stereocenters. The van der Waals surface area contributed by atoms with Gasteiger partial charge in [-0.25, -0.2) is 0 Å². The minimum atomic E-state index is -4.41. The molecule has 0 saturated heterocycles. The van der Waals surface area contributed by atoms with Gasteiger partial charge >= 0.3 is 80.1 Å². The molecule has 0 aliphatic heterocycles. The molecule has 0 N–H and O–H groups in total. The van der Waals surface area contributed by atoms with Crippen molar-refractivity contribution < 1.29 is 13.2 Å². The van der Waals surface area contributed by atoms with Crippen molar-refractivity contribution >= 4 is 32.8 Å². The molecule has 1 aromatic heterocycles. The molecule has 1 unspecified atom stereocenters. The third-order valence-electron chi connectivity index (χ3n) is 1.17. The quantitative estimate of drug-likeness (QED) is 0.499. The molecule has 1 nitrogen and oxygen atoms in total. The van der Waals surface area contributed by atoms with Crippen LogP contribution in [0.1, 0.15) is 5.56 Å². The Labute approximate surface area is 80.4 Å². The van der Waals surface area contributed by atoms with Crippen LogP contribution in [-0.2, 0) is 6.18 Å². The van der Waals surface area contributed by atoms with Gasteiger partial charge in [0.1, 0.15) is 0 Å². The van der Waals surface area contributed by atoms with E-state index in [4.69, 9.17) is 11.6 Å². The summed E-state index contributed by atoms with van der Waals surface area (Å²) < 4.78 is 36.8. The van der Waals surface area contributed by atoms with Crippen molar-refractivity contribution in [3.05, 3.63) is 23.0 Å². The number of alkyl halides is 3. The van der Waals surface area contributed by atoms with Crippen molar-refractivity contribution in [2.24, 2.45) is 0 Å². The molecular formula is C6H4AsClF3N. The van der Waals surface area contributed by atoms with Gasteiger partial charge in [0.25, 0.3) is 0 Å². The zero-order chi connectivity index (χ0) is 9.35. The van der Waals surface area contributed by atoms with Gasteiger partial charge in [-0.15, -0.1) is 0 Å². The van der Waals surface area contributed by atoms with E-state index in [2.05, 4.69) is 4.98 Å². The molecule has 0 aliphatic rings. The predicted octanol–water partition coefficient (Wildman–Crippen LogP) is 1.01. The fourth-order valence-corrected chi connectivity index (χ4v) is 1.38. The molecule has 0 saturated carbocycles. The van der Waals surface area contributed by atoms with Crippen molar-refractivity contribution in [2.45, 2.75) is 6.18 Å². The van der Waals surface area contributed by atoms with Crippen molar-refractivity contribution in [1.29, 1.82) is 0 Å². The fourth-order valence-electron chi connectivity index (χ4n) is 0.663. The normalized spacial score (nSPS) is 11.8. The van der Waals surface area contributed by atoms with Crippen LogP contribution in [0.5, 0.6) is 0 Å². The Morgan fingerprint density at radius 3 is 2.42 bits per heavy atom. The molecule has 0 radical (unpaired) electrons. The predicted molar refractivity (Wildman–Crippen MR) is 42.4 cm³/mol. The van der Waals surface area contributed by atoms with Gasteiger partial charge in [-0.1, -0.05) is 0 Å². The Balaban J connectivity index is 3.23. The second kappa shape index (κ2) is 3.27. The molecule has 0 bridgehead atoms. The van der Waals surface area contributed by atoms with Gasteiger partial charge in [-0.05, 0) is 0 Å². The number of rotatable bonds is 0. The zero-order valence-electron chi connectivity index (χ0n) is 5.69. The molecule has 0 fully saturated rings. The zero-order valence-corrected chi connectivity index (χ0v) is 8.87. The van der Waals surface area contributed by atoms with E-state index in [1.807, 2.05) is 0 Å². The standard InChI is InChI=1S/C6H4AsClF3N/c7-3-1-4(6(9,10)11)5(8)12-2-3/h1-2H,7H2. The van der Waals surface area contributed by atoms with E-state index < -0.39 is 16.9 Å². The summed E-state index contributed by atoms with van der Waals surface area (Å²) in [6, 6.07) is 0.995. The molecule has 0 aromatic carbocycles. The number of pyridine rings is 1. The number of hydrogen-bond donors (Lipinski definition) is 0. The van der Waals surface area contributed by atoms with Crippen molar-refractivity contribution in [3.63, 3.8) is 0 Å². The molecule has 66 valence electrons. The third-order valence-corrected chi connectivity index (χ3v) is 2.13. The van der Waals surface area contributed by atoms with Crippen LogP contribution in [0.25, 0.3) is 0 Å². The summed E-state index contributed by atoms with van der Waals surface area (Å²) in [5.41, 5.74) is -0.869. The average Bonchev–Trinajstić information content (AvgIpc) is 1.92. The summed E-state index contributed by atoms with van der Waals surface area (Å²) in [7, 11) is 0. The van der Waals surface area contributed by atoms with Gasteiger partial charge in [-0.3, -0.25) is 0 Å². The third kappa shape index (κ3) is 2.14. The molecule has 1 aromatic rings. The van der Waals surface area contributed by atoms with Gasteiger partial charge in [0.15, 0.2) is 0 Å². The van der Waals surface area contributed by atoms with Crippen LogP contribution < -0.4 is 4.35 Å². The van der Waals surface area contributed by atoms with Crippen molar-refractivity contribution in [3.8, 4) is 0 Å². The van der Waals surface area contributed by atoms with E-state index >= 15 is 0 Å². The van der Waals surface area contributed by atoms with E-state index in [0.717, 1.165) is 22.9 Å². The van der Waals surface area contributed by atoms with E-state index in [0.29, 0.717) is 4.35 Å². The van der Waals surface area contributed by atoms with E-state index in [1.54, 1.807) is 0 Å². The minimum absolute atomic E-state index is 0.496. The SMILES string of the molecule is FC(F)(F)c1cc([AsH2])cnc1Cl. The summed E-state index contributed by atoms with van der Waals surface area (Å²) >= 11 is 6.34. The van der Waals surface area contributed by atoms with Crippen LogP contribution in [0.2, 0.25) is 5.15 Å². The van der Waals surface area contributed by atoms with Crippen LogP contribution in [-0.4, -0.2) is 21.8 Å². The molecular weight excluding hydrogens is 253 g/mol. The first-order valence-corrected chi connectivity index (χ1v) is 4.48. The summed E-state index contributed by atoms with van der Waals surface area (Å²) in [6.45, 7) is 0. The van der Waals surface area contributed by atoms with E-state index in [1.165, 1.54) is 6.20 Å². The molecule has 1 rings (SSSR count). The first-order valence-electron chi connectivity index (χ1n) is 2.89. The fraction of sp³-hybridized carbons (Fsp3) is 0.167. The Kier molecular flexibility index (Phi) is 2.69. The van der Waals surface area contributed by atoms with Crippen molar-refractivity contribution in [2.75, 3.05) is 0 Å². The van der Waals surface area contributed by atoms with Gasteiger partial charge in [0.2, 0.25) is 0 Å². The Morgan fingerprint density at radius 2 is 2.00 bits per heavy atom. The molecule has 0 aliphatic carbocycles. The molecule has 0 amide bonds. The molecule has 6 heteroatoms. The second-order valence-electron chi connectivity index (χ2n) is 2.10. The molecule has 12 heavy (non-hydrogen) atoms. The summed E-state index contributed by atoms with van der Waals surface area (Å²) in [4.78, 5) is 3.41. The van der Waals surface area contributed by atoms with Crippen LogP contribution in [0.15, 0.2) is 12.3 Å². The Hall–Kier alpha value is -0.212. The second-order valence-corrected chi connectivity index (χ2v) is 3.86. The Bertz CT molecular complexity index is 299. The molecule has 1 heterocycles. The summed E-state index contributed by atoms with van der Waals surface area (Å²) in [5.74, 6) is 0. The maximum atomic E-state index is 12.1. The van der Waals surface area contributed by atoms with E-state index in [9.17, 15) is 13.2 Å². The van der Waals surface area contributed by atoms with Crippen LogP contribution >= 0.6 is 11.6 Å².